The molecule has 0 spiro atoms. The fraction of sp³-hybridized carbons (Fsp3) is 0.190. The monoisotopic (exact) mass is 760 g/mol. The van der Waals surface area contributed by atoms with Crippen LogP contribution in [0.15, 0.2) is 110 Å². The van der Waals surface area contributed by atoms with Crippen LogP contribution in [0, 0.1) is 0 Å². The van der Waals surface area contributed by atoms with Gasteiger partial charge in [-0.1, -0.05) is 37.4 Å². The van der Waals surface area contributed by atoms with Crippen LogP contribution in [0.4, 0.5) is 0 Å². The molecule has 0 aliphatic rings. The molecule has 0 bridgehead atoms. The van der Waals surface area contributed by atoms with E-state index in [2.05, 4.69) is 13.2 Å². The number of ether oxygens (including phenoxy) is 6. The molecular weight excluding hydrogens is 724 g/mol. The Kier molecular flexibility index (Phi) is 14.1. The van der Waals surface area contributed by atoms with Crippen LogP contribution in [0.25, 0.3) is 44.3 Å². The summed E-state index contributed by atoms with van der Waals surface area (Å²) in [6.07, 6.45) is 1.09. The summed E-state index contributed by atoms with van der Waals surface area (Å²) in [4.78, 5) is 80.9. The van der Waals surface area contributed by atoms with E-state index in [1.807, 2.05) is 36.4 Å². The Labute approximate surface area is 320 Å². The first-order valence-corrected chi connectivity index (χ1v) is 17.3. The molecule has 1 heterocycles. The van der Waals surface area contributed by atoms with E-state index in [4.69, 9.17) is 38.4 Å². The molecule has 5 aromatic rings. The van der Waals surface area contributed by atoms with Crippen molar-refractivity contribution in [3.05, 3.63) is 110 Å². The summed E-state index contributed by atoms with van der Waals surface area (Å²) in [5.41, 5.74) is 3.73. The van der Waals surface area contributed by atoms with Crippen molar-refractivity contribution in [1.82, 2.24) is 9.97 Å². The third-order valence-corrected chi connectivity index (χ3v) is 7.83. The van der Waals surface area contributed by atoms with Crippen molar-refractivity contribution in [3.8, 4) is 34.0 Å². The second-order valence-electron chi connectivity index (χ2n) is 11.8. The van der Waals surface area contributed by atoms with E-state index in [9.17, 15) is 28.8 Å². The van der Waals surface area contributed by atoms with Crippen LogP contribution in [0.2, 0.25) is 0 Å². The summed E-state index contributed by atoms with van der Waals surface area (Å²) in [5, 5.41) is 1.98. The number of hydrogen-bond donors (Lipinski definition) is 0. The zero-order valence-corrected chi connectivity index (χ0v) is 30.1. The molecule has 14 heteroatoms. The van der Waals surface area contributed by atoms with Crippen LogP contribution >= 0.6 is 0 Å². The van der Waals surface area contributed by atoms with Gasteiger partial charge < -0.3 is 28.4 Å². The SMILES string of the molecule is C=CC(=O)OCCOC(=O)CCC(=O)Oc1ccc(-c2nc3cc4ccccc4cc3nc2-c2ccc(OC(=O)CCC(=O)OCCOC(=O)C=C)cc2)cc1. The average Bonchev–Trinajstić information content (AvgIpc) is 3.21. The van der Waals surface area contributed by atoms with Gasteiger partial charge in [0.25, 0.3) is 0 Å². The van der Waals surface area contributed by atoms with E-state index in [1.165, 1.54) is 0 Å². The smallest absolute Gasteiger partial charge is 0.330 e. The number of nitrogens with zero attached hydrogens (tertiary/aromatic N) is 2. The molecule has 0 saturated carbocycles. The van der Waals surface area contributed by atoms with Crippen LogP contribution in [0.1, 0.15) is 25.7 Å². The Morgan fingerprint density at radius 1 is 0.482 bits per heavy atom. The molecule has 0 aliphatic heterocycles. The van der Waals surface area contributed by atoms with E-state index < -0.39 is 35.8 Å². The zero-order valence-electron chi connectivity index (χ0n) is 30.1. The second-order valence-corrected chi connectivity index (χ2v) is 11.8. The standard InChI is InChI=1S/C42H36N2O12/c1-3-35(45)51-21-23-53-37(47)17-19-39(49)55-31-13-9-27(10-14-31)41-42(44-34-26-30-8-6-5-7-29(30)25-33(34)43-41)28-11-15-32(16-12-28)56-40(50)20-18-38(48)54-24-22-52-36(46)4-2/h3-16,25-26H,1-2,17-24H2. The molecule has 1 aromatic heterocycles. The van der Waals surface area contributed by atoms with Gasteiger partial charge in [-0.15, -0.1) is 0 Å². The van der Waals surface area contributed by atoms with Gasteiger partial charge in [0.05, 0.1) is 48.1 Å². The highest BCUT2D eigenvalue weighted by Gasteiger charge is 2.17. The molecule has 5 rings (SSSR count). The molecule has 0 unspecified atom stereocenters. The van der Waals surface area contributed by atoms with Crippen LogP contribution in [-0.4, -0.2) is 72.2 Å². The van der Waals surface area contributed by atoms with Crippen LogP contribution in [0.5, 0.6) is 11.5 Å². The van der Waals surface area contributed by atoms with Gasteiger partial charge in [0, 0.05) is 23.3 Å². The number of benzene rings is 4. The molecule has 0 fully saturated rings. The van der Waals surface area contributed by atoms with Gasteiger partial charge in [0.1, 0.15) is 37.9 Å². The predicted molar refractivity (Wildman–Crippen MR) is 202 cm³/mol. The quantitative estimate of drug-likeness (QED) is 0.0252. The topological polar surface area (TPSA) is 184 Å². The Hall–Kier alpha value is -7.22. The van der Waals surface area contributed by atoms with Gasteiger partial charge in [-0.25, -0.2) is 19.6 Å². The van der Waals surface area contributed by atoms with Crippen molar-refractivity contribution in [2.75, 3.05) is 26.4 Å². The number of carbonyl (C=O) groups is 6. The normalized spacial score (nSPS) is 10.6. The minimum atomic E-state index is -0.645. The molecule has 0 saturated heterocycles. The van der Waals surface area contributed by atoms with E-state index >= 15 is 0 Å². The maximum absolute atomic E-state index is 12.5. The highest BCUT2D eigenvalue weighted by Crippen LogP contribution is 2.34. The summed E-state index contributed by atoms with van der Waals surface area (Å²) in [5.74, 6) is -3.35. The lowest BCUT2D eigenvalue weighted by Gasteiger charge is -2.13. The Bertz CT molecular complexity index is 2110. The minimum absolute atomic E-state index is 0.128. The summed E-state index contributed by atoms with van der Waals surface area (Å²) in [7, 11) is 0. The maximum atomic E-state index is 12.5. The highest BCUT2D eigenvalue weighted by atomic mass is 16.6. The van der Waals surface area contributed by atoms with Gasteiger partial charge >= 0.3 is 35.8 Å². The number of hydrogen-bond acceptors (Lipinski definition) is 14. The average molecular weight is 761 g/mol. The first kappa shape index (κ1) is 40.0. The van der Waals surface area contributed by atoms with Crippen molar-refractivity contribution < 1.29 is 57.2 Å². The third-order valence-electron chi connectivity index (χ3n) is 7.83. The van der Waals surface area contributed by atoms with Crippen molar-refractivity contribution in [1.29, 1.82) is 0 Å². The lowest BCUT2D eigenvalue weighted by Crippen LogP contribution is -2.15. The fourth-order valence-electron chi connectivity index (χ4n) is 5.14. The molecule has 0 aliphatic carbocycles. The van der Waals surface area contributed by atoms with Gasteiger partial charge in [-0.05, 0) is 71.4 Å². The van der Waals surface area contributed by atoms with Crippen LogP contribution < -0.4 is 9.47 Å². The number of rotatable bonds is 18. The van der Waals surface area contributed by atoms with Gasteiger partial charge in [-0.2, -0.15) is 0 Å². The lowest BCUT2D eigenvalue weighted by atomic mass is 10.0. The predicted octanol–water partition coefficient (Wildman–Crippen LogP) is 6.03. The fourth-order valence-corrected chi connectivity index (χ4v) is 5.14. The summed E-state index contributed by atoms with van der Waals surface area (Å²) in [6, 6.07) is 25.1. The molecule has 0 N–H and O–H groups in total. The molecule has 56 heavy (non-hydrogen) atoms. The summed E-state index contributed by atoms with van der Waals surface area (Å²) in [6.45, 7) is 5.99. The van der Waals surface area contributed by atoms with Crippen molar-refractivity contribution in [2.45, 2.75) is 25.7 Å². The molecule has 0 atom stereocenters. The first-order chi connectivity index (χ1) is 27.1. The molecular formula is C42H36N2O12. The maximum Gasteiger partial charge on any atom is 0.330 e. The van der Waals surface area contributed by atoms with E-state index in [-0.39, 0.29) is 63.6 Å². The Morgan fingerprint density at radius 3 is 1.21 bits per heavy atom. The summed E-state index contributed by atoms with van der Waals surface area (Å²) >= 11 is 0. The first-order valence-electron chi connectivity index (χ1n) is 17.3. The molecule has 4 aromatic carbocycles. The van der Waals surface area contributed by atoms with Crippen LogP contribution in [0.3, 0.4) is 0 Å². The Balaban J connectivity index is 1.26. The number of fused-ring (bicyclic) bond motifs is 2. The second kappa shape index (κ2) is 19.7. The zero-order chi connectivity index (χ0) is 39.9. The van der Waals surface area contributed by atoms with Crippen LogP contribution in [-0.2, 0) is 47.7 Å². The third kappa shape index (κ3) is 11.6. The molecule has 286 valence electrons. The molecule has 0 radical (unpaired) electrons. The van der Waals surface area contributed by atoms with Gasteiger partial charge in [0.15, 0.2) is 0 Å². The summed E-state index contributed by atoms with van der Waals surface area (Å²) < 4.78 is 30.2. The van der Waals surface area contributed by atoms with Crippen molar-refractivity contribution in [3.63, 3.8) is 0 Å². The van der Waals surface area contributed by atoms with Crippen molar-refractivity contribution in [2.24, 2.45) is 0 Å². The number of aromatic nitrogens is 2. The highest BCUT2D eigenvalue weighted by molar-refractivity contribution is 5.97. The van der Waals surface area contributed by atoms with Gasteiger partial charge in [-0.3, -0.25) is 19.2 Å². The Morgan fingerprint density at radius 2 is 0.839 bits per heavy atom. The lowest BCUT2D eigenvalue weighted by molar-refractivity contribution is -0.151. The van der Waals surface area contributed by atoms with E-state index in [0.717, 1.165) is 22.9 Å². The van der Waals surface area contributed by atoms with Gasteiger partial charge in [0.2, 0.25) is 0 Å². The number of esters is 6. The molecule has 14 nitrogen and oxygen atoms in total. The van der Waals surface area contributed by atoms with Crippen molar-refractivity contribution >= 4 is 57.6 Å². The number of carbonyl (C=O) groups excluding carboxylic acids is 6. The minimum Gasteiger partial charge on any atom is -0.462 e. The van der Waals surface area contributed by atoms with E-state index in [1.54, 1.807) is 48.5 Å². The molecule has 0 amide bonds. The largest absolute Gasteiger partial charge is 0.462 e. The van der Waals surface area contributed by atoms with E-state index in [0.29, 0.717) is 33.5 Å².